The molecule has 0 atom stereocenters. The van der Waals surface area contributed by atoms with E-state index in [1.54, 1.807) is 11.4 Å². The summed E-state index contributed by atoms with van der Waals surface area (Å²) in [5.41, 5.74) is 2.15. The Hall–Kier alpha value is -0.950. The third kappa shape index (κ3) is 5.26. The summed E-state index contributed by atoms with van der Waals surface area (Å²) in [6.07, 6.45) is 1.71. The number of methoxy groups -OCH3 is 1. The zero-order valence-corrected chi connectivity index (χ0v) is 16.8. The third-order valence-corrected chi connectivity index (χ3v) is 6.72. The molecule has 25 heavy (non-hydrogen) atoms. The molecule has 142 valence electrons. The molecule has 1 aliphatic rings. The summed E-state index contributed by atoms with van der Waals surface area (Å²) in [6, 6.07) is 5.83. The van der Waals surface area contributed by atoms with Crippen LogP contribution >= 0.6 is 0 Å². The highest BCUT2D eigenvalue weighted by Gasteiger charge is 2.30. The lowest BCUT2D eigenvalue weighted by Crippen LogP contribution is -2.49. The van der Waals surface area contributed by atoms with E-state index in [1.807, 2.05) is 12.1 Å². The smallest absolute Gasteiger partial charge is 0.243 e. The molecule has 1 saturated heterocycles. The Morgan fingerprint density at radius 1 is 1.16 bits per heavy atom. The first-order valence-electron chi connectivity index (χ1n) is 9.21. The molecule has 0 N–H and O–H groups in total. The van der Waals surface area contributed by atoms with Gasteiger partial charge in [0.05, 0.1) is 11.5 Å². The van der Waals surface area contributed by atoms with E-state index in [0.29, 0.717) is 30.5 Å². The van der Waals surface area contributed by atoms with Crippen LogP contribution < -0.4 is 0 Å². The lowest BCUT2D eigenvalue weighted by Gasteiger charge is -2.34. The van der Waals surface area contributed by atoms with Crippen LogP contribution in [0.3, 0.4) is 0 Å². The van der Waals surface area contributed by atoms with Gasteiger partial charge in [0.2, 0.25) is 10.0 Å². The van der Waals surface area contributed by atoms with Crippen molar-refractivity contribution in [2.45, 2.75) is 38.5 Å². The maximum Gasteiger partial charge on any atom is 0.243 e. The van der Waals surface area contributed by atoms with Crippen molar-refractivity contribution in [3.05, 3.63) is 29.3 Å². The minimum absolute atomic E-state index is 0.423. The van der Waals surface area contributed by atoms with Gasteiger partial charge in [0.25, 0.3) is 0 Å². The SMILES string of the molecule is CCc1ccc(S(=O)(=O)N2CCN(CCOC)CC2)c(CC(C)C)c1. The van der Waals surface area contributed by atoms with Crippen LogP contribution in [0, 0.1) is 5.92 Å². The van der Waals surface area contributed by atoms with Gasteiger partial charge in [-0.05, 0) is 36.0 Å². The van der Waals surface area contributed by atoms with Gasteiger partial charge >= 0.3 is 0 Å². The lowest BCUT2D eigenvalue weighted by atomic mass is 10.0. The van der Waals surface area contributed by atoms with Crippen molar-refractivity contribution < 1.29 is 13.2 Å². The van der Waals surface area contributed by atoms with Crippen LogP contribution in [0.4, 0.5) is 0 Å². The summed E-state index contributed by atoms with van der Waals surface area (Å²) in [5, 5.41) is 0. The summed E-state index contributed by atoms with van der Waals surface area (Å²) in [5.74, 6) is 0.423. The lowest BCUT2D eigenvalue weighted by molar-refractivity contribution is 0.123. The molecule has 1 fully saturated rings. The van der Waals surface area contributed by atoms with Gasteiger partial charge in [-0.3, -0.25) is 4.90 Å². The summed E-state index contributed by atoms with van der Waals surface area (Å²) in [6.45, 7) is 10.5. The van der Waals surface area contributed by atoms with Crippen LogP contribution in [0.2, 0.25) is 0 Å². The Balaban J connectivity index is 2.19. The van der Waals surface area contributed by atoms with Crippen LogP contribution in [-0.2, 0) is 27.6 Å². The second-order valence-electron chi connectivity index (χ2n) is 7.13. The monoisotopic (exact) mass is 368 g/mol. The molecular weight excluding hydrogens is 336 g/mol. The van der Waals surface area contributed by atoms with Crippen molar-refractivity contribution in [2.24, 2.45) is 5.92 Å². The highest BCUT2D eigenvalue weighted by atomic mass is 32.2. The number of piperazine rings is 1. The van der Waals surface area contributed by atoms with E-state index in [9.17, 15) is 8.42 Å². The van der Waals surface area contributed by atoms with E-state index < -0.39 is 10.0 Å². The molecule has 2 rings (SSSR count). The van der Waals surface area contributed by atoms with Crippen LogP contribution in [-0.4, -0.2) is 64.1 Å². The summed E-state index contributed by atoms with van der Waals surface area (Å²) in [4.78, 5) is 2.74. The van der Waals surface area contributed by atoms with Crippen molar-refractivity contribution in [1.29, 1.82) is 0 Å². The molecule has 0 radical (unpaired) electrons. The number of aryl methyl sites for hydroxylation is 1. The summed E-state index contributed by atoms with van der Waals surface area (Å²) >= 11 is 0. The van der Waals surface area contributed by atoms with E-state index >= 15 is 0 Å². The summed E-state index contributed by atoms with van der Waals surface area (Å²) < 4.78 is 33.1. The molecule has 1 aromatic carbocycles. The van der Waals surface area contributed by atoms with Crippen molar-refractivity contribution in [2.75, 3.05) is 46.4 Å². The Labute approximate surface area is 153 Å². The number of hydrogen-bond acceptors (Lipinski definition) is 4. The first-order chi connectivity index (χ1) is 11.9. The molecule has 0 amide bonds. The molecule has 5 nitrogen and oxygen atoms in total. The standard InChI is InChI=1S/C19H32N2O3S/c1-5-17-6-7-19(18(15-17)14-16(2)3)25(22,23)21-10-8-20(9-11-21)12-13-24-4/h6-7,15-16H,5,8-14H2,1-4H3. The molecule has 0 unspecified atom stereocenters. The van der Waals surface area contributed by atoms with Gasteiger partial charge in [-0.1, -0.05) is 32.9 Å². The molecule has 1 aromatic rings. The number of rotatable bonds is 8. The predicted octanol–water partition coefficient (Wildman–Crippen LogP) is 2.40. The van der Waals surface area contributed by atoms with Crippen LogP contribution in [0.5, 0.6) is 0 Å². The molecule has 1 aliphatic heterocycles. The average Bonchev–Trinajstić information content (AvgIpc) is 2.59. The van der Waals surface area contributed by atoms with E-state index in [1.165, 1.54) is 5.56 Å². The van der Waals surface area contributed by atoms with Gasteiger partial charge in [-0.2, -0.15) is 4.31 Å². The Kier molecular flexibility index (Phi) is 7.43. The fourth-order valence-corrected chi connectivity index (χ4v) is 4.89. The largest absolute Gasteiger partial charge is 0.383 e. The quantitative estimate of drug-likeness (QED) is 0.707. The van der Waals surface area contributed by atoms with E-state index in [-0.39, 0.29) is 0 Å². The van der Waals surface area contributed by atoms with Crippen LogP contribution in [0.25, 0.3) is 0 Å². The number of hydrogen-bond donors (Lipinski definition) is 0. The fraction of sp³-hybridized carbons (Fsp3) is 0.684. The highest BCUT2D eigenvalue weighted by molar-refractivity contribution is 7.89. The molecule has 0 saturated carbocycles. The summed E-state index contributed by atoms with van der Waals surface area (Å²) in [7, 11) is -1.74. The Morgan fingerprint density at radius 2 is 1.84 bits per heavy atom. The minimum Gasteiger partial charge on any atom is -0.383 e. The number of nitrogens with zero attached hydrogens (tertiary/aromatic N) is 2. The van der Waals surface area contributed by atoms with Crippen molar-refractivity contribution in [3.63, 3.8) is 0 Å². The first-order valence-corrected chi connectivity index (χ1v) is 10.7. The minimum atomic E-state index is -3.43. The number of ether oxygens (including phenoxy) is 1. The maximum atomic E-state index is 13.2. The molecule has 0 aromatic heterocycles. The van der Waals surface area contributed by atoms with Gasteiger partial charge in [-0.15, -0.1) is 0 Å². The fourth-order valence-electron chi connectivity index (χ4n) is 3.26. The molecule has 0 aliphatic carbocycles. The topological polar surface area (TPSA) is 49.9 Å². The zero-order valence-electron chi connectivity index (χ0n) is 16.0. The van der Waals surface area contributed by atoms with Gasteiger partial charge in [-0.25, -0.2) is 8.42 Å². The second-order valence-corrected chi connectivity index (χ2v) is 9.04. The zero-order chi connectivity index (χ0) is 18.4. The Bertz CT molecular complexity index is 651. The number of benzene rings is 1. The van der Waals surface area contributed by atoms with E-state index in [0.717, 1.165) is 38.0 Å². The van der Waals surface area contributed by atoms with Gasteiger partial charge in [0.1, 0.15) is 0 Å². The van der Waals surface area contributed by atoms with Crippen molar-refractivity contribution in [1.82, 2.24) is 9.21 Å². The van der Waals surface area contributed by atoms with Gasteiger partial charge in [0.15, 0.2) is 0 Å². The maximum absolute atomic E-state index is 13.2. The van der Waals surface area contributed by atoms with Crippen molar-refractivity contribution >= 4 is 10.0 Å². The Morgan fingerprint density at radius 3 is 2.40 bits per heavy atom. The third-order valence-electron chi connectivity index (χ3n) is 4.72. The van der Waals surface area contributed by atoms with Gasteiger partial charge < -0.3 is 4.74 Å². The van der Waals surface area contributed by atoms with Gasteiger partial charge in [0, 0.05) is 39.8 Å². The average molecular weight is 369 g/mol. The normalized spacial score (nSPS) is 17.3. The van der Waals surface area contributed by atoms with E-state index in [2.05, 4.69) is 31.7 Å². The van der Waals surface area contributed by atoms with Crippen LogP contribution in [0.1, 0.15) is 31.9 Å². The predicted molar refractivity (Wildman–Crippen MR) is 101 cm³/mol. The molecule has 0 spiro atoms. The molecule has 6 heteroatoms. The molecule has 1 heterocycles. The molecule has 0 bridgehead atoms. The second kappa shape index (κ2) is 9.12. The molecular formula is C19H32N2O3S. The van der Waals surface area contributed by atoms with Crippen molar-refractivity contribution in [3.8, 4) is 0 Å². The first kappa shape index (κ1) is 20.4. The van der Waals surface area contributed by atoms with Crippen LogP contribution in [0.15, 0.2) is 23.1 Å². The van der Waals surface area contributed by atoms with E-state index in [4.69, 9.17) is 4.74 Å². The highest BCUT2D eigenvalue weighted by Crippen LogP contribution is 2.25. The number of sulfonamides is 1.